The van der Waals surface area contributed by atoms with Crippen LogP contribution in [-0.2, 0) is 13.0 Å². The molecule has 0 spiro atoms. The number of ether oxygens (including phenoxy) is 1. The van der Waals surface area contributed by atoms with Crippen LogP contribution in [0.4, 0.5) is 5.95 Å². The van der Waals surface area contributed by atoms with Crippen LogP contribution in [0.1, 0.15) is 30.9 Å². The number of halogens is 1. The highest BCUT2D eigenvalue weighted by molar-refractivity contribution is 9.10. The quantitative estimate of drug-likeness (QED) is 0.487. The van der Waals surface area contributed by atoms with Gasteiger partial charge < -0.3 is 9.64 Å². The molecule has 0 bridgehead atoms. The molecule has 1 aliphatic carbocycles. The molecule has 2 aromatic rings. The Morgan fingerprint density at radius 1 is 1.03 bits per heavy atom. The second kappa shape index (κ2) is 10.5. The first-order valence-corrected chi connectivity index (χ1v) is 14.1. The topological polar surface area (TPSA) is 44.7 Å². The molecule has 2 saturated heterocycles. The first-order valence-electron chi connectivity index (χ1n) is 12.1. The molecule has 0 radical (unpaired) electrons. The number of aryl methyl sites for hydroxylation is 1. The molecular formula is C25H34BrN5OS. The summed E-state index contributed by atoms with van der Waals surface area (Å²) in [6.07, 6.45) is 9.60. The van der Waals surface area contributed by atoms with Gasteiger partial charge in [0.05, 0.1) is 10.6 Å². The zero-order valence-corrected chi connectivity index (χ0v) is 22.0. The lowest BCUT2D eigenvalue weighted by Crippen LogP contribution is -2.42. The Balaban J connectivity index is 1.12. The second-order valence-electron chi connectivity index (χ2n) is 9.53. The van der Waals surface area contributed by atoms with Crippen molar-refractivity contribution in [2.75, 3.05) is 50.4 Å². The number of nitrogens with zero attached hydrogens (tertiary/aromatic N) is 5. The van der Waals surface area contributed by atoms with Gasteiger partial charge >= 0.3 is 0 Å². The first-order chi connectivity index (χ1) is 16.1. The summed E-state index contributed by atoms with van der Waals surface area (Å²) in [6.45, 7) is 9.77. The van der Waals surface area contributed by atoms with E-state index in [4.69, 9.17) is 4.74 Å². The van der Waals surface area contributed by atoms with Crippen LogP contribution in [0, 0.1) is 11.8 Å². The maximum absolute atomic E-state index is 6.47. The van der Waals surface area contributed by atoms with Crippen molar-refractivity contribution in [1.29, 1.82) is 0 Å². The highest BCUT2D eigenvalue weighted by atomic mass is 79.9. The van der Waals surface area contributed by atoms with Gasteiger partial charge in [0.25, 0.3) is 0 Å². The molecular weight excluding hydrogens is 498 g/mol. The minimum Gasteiger partial charge on any atom is -0.489 e. The second-order valence-corrected chi connectivity index (χ2v) is 11.3. The molecule has 2 aliphatic heterocycles. The average molecular weight is 533 g/mol. The van der Waals surface area contributed by atoms with Gasteiger partial charge in [0.1, 0.15) is 5.75 Å². The van der Waals surface area contributed by atoms with E-state index in [9.17, 15) is 0 Å². The summed E-state index contributed by atoms with van der Waals surface area (Å²) < 4.78 is 9.98. The van der Waals surface area contributed by atoms with E-state index in [1.54, 1.807) is 0 Å². The molecule has 2 unspecified atom stereocenters. The summed E-state index contributed by atoms with van der Waals surface area (Å²) in [4.78, 5) is 14.1. The normalized spacial score (nSPS) is 26.0. The molecule has 0 amide bonds. The van der Waals surface area contributed by atoms with Crippen LogP contribution >= 0.6 is 27.9 Å². The highest BCUT2D eigenvalue weighted by Gasteiger charge is 2.42. The van der Waals surface area contributed by atoms with E-state index in [2.05, 4.69) is 71.4 Å². The van der Waals surface area contributed by atoms with Crippen molar-refractivity contribution >= 4 is 33.8 Å². The van der Waals surface area contributed by atoms with Crippen molar-refractivity contribution < 1.29 is 4.74 Å². The molecule has 33 heavy (non-hydrogen) atoms. The molecule has 3 aliphatic rings. The smallest absolute Gasteiger partial charge is 0.225 e. The number of fused-ring (bicyclic) bond motifs is 1. The standard InChI is InChI=1S/C25H34BrN5OS/c1-3-18-13-27-25(28-14-18)30-16-20-11-22(12-21(20)17-30)32-24-5-4-19(10-23(24)26)15-29-6-8-31(33-2)9-7-29/h4-5,10,13-14,20-22H,3,6-9,11-12,15-17H2,1-2H3/t20-,21?,22?/m0/s1. The van der Waals surface area contributed by atoms with Crippen molar-refractivity contribution in [3.8, 4) is 5.75 Å². The molecule has 3 atom stereocenters. The fraction of sp³-hybridized carbons (Fsp3) is 0.600. The third-order valence-electron chi connectivity index (χ3n) is 7.38. The molecule has 5 rings (SSSR count). The van der Waals surface area contributed by atoms with Crippen LogP contribution in [0.2, 0.25) is 0 Å². The Hall–Kier alpha value is -1.35. The van der Waals surface area contributed by atoms with Crippen molar-refractivity contribution in [3.63, 3.8) is 0 Å². The molecule has 1 saturated carbocycles. The van der Waals surface area contributed by atoms with Gasteiger partial charge in [-0.05, 0) is 76.5 Å². The fourth-order valence-electron chi connectivity index (χ4n) is 5.44. The summed E-state index contributed by atoms with van der Waals surface area (Å²) in [7, 11) is 0. The predicted molar refractivity (Wildman–Crippen MR) is 139 cm³/mol. The molecule has 3 heterocycles. The van der Waals surface area contributed by atoms with Crippen LogP contribution in [-0.4, -0.2) is 70.8 Å². The van der Waals surface area contributed by atoms with Gasteiger partial charge in [0.15, 0.2) is 0 Å². The minimum absolute atomic E-state index is 0.298. The number of rotatable bonds is 7. The summed E-state index contributed by atoms with van der Waals surface area (Å²) in [5.74, 6) is 3.20. The monoisotopic (exact) mass is 531 g/mol. The van der Waals surface area contributed by atoms with Crippen LogP contribution in [0.3, 0.4) is 0 Å². The molecule has 6 nitrogen and oxygen atoms in total. The number of hydrogen-bond donors (Lipinski definition) is 0. The minimum atomic E-state index is 0.298. The van der Waals surface area contributed by atoms with E-state index in [1.165, 1.54) is 11.1 Å². The maximum atomic E-state index is 6.47. The van der Waals surface area contributed by atoms with E-state index < -0.39 is 0 Å². The summed E-state index contributed by atoms with van der Waals surface area (Å²) in [5, 5.41) is 0. The van der Waals surface area contributed by atoms with Crippen LogP contribution in [0.15, 0.2) is 35.1 Å². The van der Waals surface area contributed by atoms with E-state index in [-0.39, 0.29) is 0 Å². The molecule has 8 heteroatoms. The maximum Gasteiger partial charge on any atom is 0.225 e. The van der Waals surface area contributed by atoms with E-state index in [1.807, 2.05) is 24.3 Å². The third-order valence-corrected chi connectivity index (χ3v) is 8.88. The fourth-order valence-corrected chi connectivity index (χ4v) is 6.49. The van der Waals surface area contributed by atoms with Crippen LogP contribution in [0.5, 0.6) is 5.75 Å². The average Bonchev–Trinajstić information content (AvgIpc) is 3.40. The predicted octanol–water partition coefficient (Wildman–Crippen LogP) is 4.49. The van der Waals surface area contributed by atoms with Crippen molar-refractivity contribution in [1.82, 2.24) is 19.2 Å². The van der Waals surface area contributed by atoms with Crippen LogP contribution < -0.4 is 9.64 Å². The van der Waals surface area contributed by atoms with Gasteiger partial charge in [-0.25, -0.2) is 14.3 Å². The van der Waals surface area contributed by atoms with Gasteiger partial charge in [0.2, 0.25) is 5.95 Å². The zero-order valence-electron chi connectivity index (χ0n) is 19.6. The SMILES string of the molecule is CCc1cnc(N2CC3CC(Oc4ccc(CN5CCN(SC)CC5)cc4Br)C[C@H]3C2)nc1. The summed E-state index contributed by atoms with van der Waals surface area (Å²) in [5.41, 5.74) is 2.54. The van der Waals surface area contributed by atoms with Gasteiger partial charge in [-0.2, -0.15) is 0 Å². The molecule has 178 valence electrons. The first kappa shape index (κ1) is 23.4. The molecule has 3 fully saturated rings. The largest absolute Gasteiger partial charge is 0.489 e. The Bertz CT molecular complexity index is 923. The van der Waals surface area contributed by atoms with Gasteiger partial charge in [-0.15, -0.1) is 0 Å². The summed E-state index contributed by atoms with van der Waals surface area (Å²) in [6, 6.07) is 6.63. The zero-order chi connectivity index (χ0) is 22.8. The molecule has 0 N–H and O–H groups in total. The molecule has 1 aromatic carbocycles. The van der Waals surface area contributed by atoms with Crippen molar-refractivity contribution in [2.45, 2.75) is 38.8 Å². The summed E-state index contributed by atoms with van der Waals surface area (Å²) >= 11 is 5.63. The number of hydrogen-bond acceptors (Lipinski definition) is 7. The number of aromatic nitrogens is 2. The number of piperazine rings is 1. The van der Waals surface area contributed by atoms with Crippen molar-refractivity contribution in [3.05, 3.63) is 46.2 Å². The third kappa shape index (κ3) is 5.50. The lowest BCUT2D eigenvalue weighted by Gasteiger charge is -2.33. The van der Waals surface area contributed by atoms with E-state index >= 15 is 0 Å². The Labute approximate surface area is 210 Å². The van der Waals surface area contributed by atoms with Crippen LogP contribution in [0.25, 0.3) is 0 Å². The number of anilines is 1. The Kier molecular flexibility index (Phi) is 7.45. The highest BCUT2D eigenvalue weighted by Crippen LogP contribution is 2.41. The Morgan fingerprint density at radius 3 is 2.33 bits per heavy atom. The molecule has 1 aromatic heterocycles. The Morgan fingerprint density at radius 2 is 1.73 bits per heavy atom. The van der Waals surface area contributed by atoms with E-state index in [0.29, 0.717) is 17.9 Å². The van der Waals surface area contributed by atoms with Crippen molar-refractivity contribution in [2.24, 2.45) is 11.8 Å². The van der Waals surface area contributed by atoms with Gasteiger partial charge in [-0.1, -0.05) is 24.9 Å². The number of benzene rings is 1. The van der Waals surface area contributed by atoms with E-state index in [0.717, 1.165) is 81.2 Å². The lowest BCUT2D eigenvalue weighted by molar-refractivity contribution is 0.188. The van der Waals surface area contributed by atoms with Gasteiger partial charge in [0, 0.05) is 58.2 Å². The van der Waals surface area contributed by atoms with Gasteiger partial charge in [-0.3, -0.25) is 4.90 Å². The lowest BCUT2D eigenvalue weighted by atomic mass is 10.0.